The first kappa shape index (κ1) is 22.7. The summed E-state index contributed by atoms with van der Waals surface area (Å²) < 4.78 is 12.0. The number of allylic oxidation sites excluding steroid dienone is 4. The van der Waals surface area contributed by atoms with Crippen molar-refractivity contribution in [1.82, 2.24) is 0 Å². The van der Waals surface area contributed by atoms with Crippen LogP contribution in [-0.4, -0.2) is 34.4 Å². The molecule has 0 fully saturated rings. The largest absolute Gasteiger partial charge is 0.456 e. The standard InChI is InChI=1S/C25H34O5/c1-14(2)10-22(27)29-21-13-18-16(5)11-20(26)23(15(3)4)19(18)12-17(6)25(28)9-8-24(21,7)30-25/h8-12,15,18-19,21,23,28H,13H2,1-7H3/b17-12+/t18-,19+,21-,23-,24-,25-/m0/s1. The molecule has 5 nitrogen and oxygen atoms in total. The van der Waals surface area contributed by atoms with Crippen LogP contribution in [0.4, 0.5) is 0 Å². The molecule has 0 saturated heterocycles. The van der Waals surface area contributed by atoms with Gasteiger partial charge in [-0.2, -0.15) is 0 Å². The van der Waals surface area contributed by atoms with E-state index in [0.717, 1.165) is 11.1 Å². The Morgan fingerprint density at radius 1 is 1.30 bits per heavy atom. The molecule has 0 unspecified atom stereocenters. The van der Waals surface area contributed by atoms with Gasteiger partial charge in [0.1, 0.15) is 11.7 Å². The van der Waals surface area contributed by atoms with Gasteiger partial charge in [-0.25, -0.2) is 4.79 Å². The van der Waals surface area contributed by atoms with Gasteiger partial charge in [-0.3, -0.25) is 4.79 Å². The molecule has 0 amide bonds. The fourth-order valence-corrected chi connectivity index (χ4v) is 5.02. The normalized spacial score (nSPS) is 39.8. The number of hydrogen-bond donors (Lipinski definition) is 1. The van der Waals surface area contributed by atoms with Gasteiger partial charge in [0.05, 0.1) is 0 Å². The molecule has 0 aromatic heterocycles. The molecular weight excluding hydrogens is 380 g/mol. The minimum Gasteiger partial charge on any atom is -0.456 e. The minimum absolute atomic E-state index is 0.00586. The summed E-state index contributed by atoms with van der Waals surface area (Å²) in [5.41, 5.74) is 1.51. The number of carbonyl (C=O) groups excluding carboxylic acids is 2. The number of aliphatic hydroxyl groups is 1. The maximum absolute atomic E-state index is 12.9. The van der Waals surface area contributed by atoms with Crippen molar-refractivity contribution in [3.05, 3.63) is 47.1 Å². The van der Waals surface area contributed by atoms with E-state index < -0.39 is 23.5 Å². The number of ether oxygens (including phenoxy) is 2. The third kappa shape index (κ3) is 4.10. The van der Waals surface area contributed by atoms with Gasteiger partial charge in [0.2, 0.25) is 5.79 Å². The van der Waals surface area contributed by atoms with Crippen molar-refractivity contribution in [3.8, 4) is 0 Å². The highest BCUT2D eigenvalue weighted by atomic mass is 16.7. The maximum atomic E-state index is 12.9. The van der Waals surface area contributed by atoms with E-state index in [4.69, 9.17) is 9.47 Å². The summed E-state index contributed by atoms with van der Waals surface area (Å²) in [7, 11) is 0. The fourth-order valence-electron chi connectivity index (χ4n) is 5.02. The highest BCUT2D eigenvalue weighted by Crippen LogP contribution is 2.47. The van der Waals surface area contributed by atoms with Crippen LogP contribution in [0.15, 0.2) is 47.1 Å². The summed E-state index contributed by atoms with van der Waals surface area (Å²) in [5, 5.41) is 11.2. The van der Waals surface area contributed by atoms with E-state index in [1.165, 1.54) is 6.08 Å². The SMILES string of the molecule is CC(C)=CC(=O)O[C@H]1C[C@H]2C(C)=CC(=O)[C@@H](C(C)C)[C@@H]2/C=C(\C)[C@]2(O)C=C[C@]1(C)O2. The van der Waals surface area contributed by atoms with Crippen LogP contribution in [0.25, 0.3) is 0 Å². The average Bonchev–Trinajstić information content (AvgIpc) is 2.93. The summed E-state index contributed by atoms with van der Waals surface area (Å²) in [6.07, 6.45) is 8.52. The molecule has 0 saturated carbocycles. The second kappa shape index (κ2) is 7.93. The van der Waals surface area contributed by atoms with Gasteiger partial charge in [0.15, 0.2) is 5.78 Å². The molecule has 0 aromatic carbocycles. The number of fused-ring (bicyclic) bond motifs is 3. The molecule has 0 spiro atoms. The first-order valence-corrected chi connectivity index (χ1v) is 10.8. The van der Waals surface area contributed by atoms with Crippen molar-refractivity contribution in [1.29, 1.82) is 0 Å². The number of esters is 1. The summed E-state index contributed by atoms with van der Waals surface area (Å²) in [6, 6.07) is 0. The summed E-state index contributed by atoms with van der Waals surface area (Å²) in [6.45, 7) is 13.4. The van der Waals surface area contributed by atoms with Crippen molar-refractivity contribution in [2.75, 3.05) is 0 Å². The summed E-state index contributed by atoms with van der Waals surface area (Å²) in [4.78, 5) is 25.4. The highest BCUT2D eigenvalue weighted by molar-refractivity contribution is 5.94. The molecule has 6 atom stereocenters. The van der Waals surface area contributed by atoms with Gasteiger partial charge < -0.3 is 14.6 Å². The van der Waals surface area contributed by atoms with Crippen LogP contribution in [-0.2, 0) is 19.1 Å². The van der Waals surface area contributed by atoms with Crippen molar-refractivity contribution in [2.24, 2.45) is 23.7 Å². The second-order valence-electron chi connectivity index (χ2n) is 9.79. The lowest BCUT2D eigenvalue weighted by Crippen LogP contribution is -2.47. The van der Waals surface area contributed by atoms with Crippen molar-refractivity contribution >= 4 is 11.8 Å². The maximum Gasteiger partial charge on any atom is 0.331 e. The second-order valence-corrected chi connectivity index (χ2v) is 9.79. The third-order valence-corrected chi connectivity index (χ3v) is 6.68. The molecule has 0 radical (unpaired) electrons. The van der Waals surface area contributed by atoms with Gasteiger partial charge in [-0.15, -0.1) is 0 Å². The Morgan fingerprint density at radius 3 is 2.57 bits per heavy atom. The molecule has 0 aromatic rings. The number of hydrogen-bond acceptors (Lipinski definition) is 5. The van der Waals surface area contributed by atoms with Crippen molar-refractivity contribution < 1.29 is 24.2 Å². The lowest BCUT2D eigenvalue weighted by molar-refractivity contribution is -0.214. The molecule has 30 heavy (non-hydrogen) atoms. The molecule has 1 aliphatic carbocycles. The lowest BCUT2D eigenvalue weighted by atomic mass is 9.65. The minimum atomic E-state index is -1.58. The van der Waals surface area contributed by atoms with E-state index in [-0.39, 0.29) is 29.5 Å². The van der Waals surface area contributed by atoms with Gasteiger partial charge in [-0.1, -0.05) is 31.1 Å². The Hall–Kier alpha value is -1.98. The van der Waals surface area contributed by atoms with E-state index in [9.17, 15) is 14.7 Å². The highest BCUT2D eigenvalue weighted by Gasteiger charge is 2.52. The van der Waals surface area contributed by atoms with Crippen LogP contribution in [0.1, 0.15) is 54.9 Å². The predicted octanol–water partition coefficient (Wildman–Crippen LogP) is 4.28. The molecule has 3 aliphatic rings. The monoisotopic (exact) mass is 414 g/mol. The third-order valence-electron chi connectivity index (χ3n) is 6.68. The van der Waals surface area contributed by atoms with Crippen LogP contribution < -0.4 is 0 Å². The smallest absolute Gasteiger partial charge is 0.331 e. The Morgan fingerprint density at radius 2 is 1.97 bits per heavy atom. The van der Waals surface area contributed by atoms with E-state index in [1.54, 1.807) is 18.2 Å². The van der Waals surface area contributed by atoms with E-state index >= 15 is 0 Å². The zero-order chi connectivity index (χ0) is 22.4. The summed E-state index contributed by atoms with van der Waals surface area (Å²) in [5.74, 6) is -2.04. The zero-order valence-corrected chi connectivity index (χ0v) is 19.1. The zero-order valence-electron chi connectivity index (χ0n) is 19.1. The Balaban J connectivity index is 2.11. The van der Waals surface area contributed by atoms with Gasteiger partial charge in [0.25, 0.3) is 0 Å². The Bertz CT molecular complexity index is 857. The molecule has 3 rings (SSSR count). The predicted molar refractivity (Wildman–Crippen MR) is 115 cm³/mol. The van der Waals surface area contributed by atoms with E-state index in [2.05, 4.69) is 13.8 Å². The lowest BCUT2D eigenvalue weighted by Gasteiger charge is -2.40. The first-order chi connectivity index (χ1) is 13.9. The first-order valence-electron chi connectivity index (χ1n) is 10.8. The molecular formula is C25H34O5. The van der Waals surface area contributed by atoms with E-state index in [1.807, 2.05) is 40.7 Å². The van der Waals surface area contributed by atoms with Crippen LogP contribution >= 0.6 is 0 Å². The van der Waals surface area contributed by atoms with Crippen LogP contribution in [0.2, 0.25) is 0 Å². The van der Waals surface area contributed by atoms with Gasteiger partial charge >= 0.3 is 5.97 Å². The van der Waals surface area contributed by atoms with Gasteiger partial charge in [-0.05, 0) is 82.6 Å². The van der Waals surface area contributed by atoms with E-state index in [0.29, 0.717) is 12.0 Å². The quantitative estimate of drug-likeness (QED) is 0.424. The molecule has 2 aliphatic heterocycles. The molecule has 164 valence electrons. The number of ketones is 1. The topological polar surface area (TPSA) is 72.8 Å². The average molecular weight is 415 g/mol. The van der Waals surface area contributed by atoms with Crippen molar-refractivity contribution in [2.45, 2.75) is 72.4 Å². The Labute approximate surface area is 179 Å². The number of rotatable bonds is 3. The molecule has 2 heterocycles. The van der Waals surface area contributed by atoms with Crippen molar-refractivity contribution in [3.63, 3.8) is 0 Å². The Kier molecular flexibility index (Phi) is 6.00. The fraction of sp³-hybridized carbons (Fsp3) is 0.600. The van der Waals surface area contributed by atoms with Crippen LogP contribution in [0, 0.1) is 23.7 Å². The molecule has 5 heteroatoms. The molecule has 2 bridgehead atoms. The summed E-state index contributed by atoms with van der Waals surface area (Å²) >= 11 is 0. The molecule has 1 N–H and O–H groups in total. The van der Waals surface area contributed by atoms with Crippen LogP contribution in [0.3, 0.4) is 0 Å². The van der Waals surface area contributed by atoms with Gasteiger partial charge in [0, 0.05) is 12.0 Å². The number of carbonyl (C=O) groups is 2. The van der Waals surface area contributed by atoms with Crippen LogP contribution in [0.5, 0.6) is 0 Å².